The fourth-order valence-electron chi connectivity index (χ4n) is 6.30. The zero-order valence-corrected chi connectivity index (χ0v) is 33.8. The molecule has 0 saturated carbocycles. The van der Waals surface area contributed by atoms with E-state index in [1.54, 1.807) is 0 Å². The standard InChI is InChI=1S/C21H14.C21H25.C5H5.2ClH.Zr/c1-3-13-20-16(7-1)9-5-11-18(20)15-19-12-6-10-17-8-2-4-14-21(17)19;1-20(2,3)16-9-7-14-11-15-8-10-17(21(4,5)6)13-19(15)18(14)12-16;1-2-4-5-3-1;;;/h1-14H;7-13H,1-6H3;1-3H,4H2;2*1H;/q;2*-1;;;+2/p-2. The van der Waals surface area contributed by atoms with E-state index in [1.165, 1.54) is 92.8 Å². The number of hydrogen-bond acceptors (Lipinski definition) is 0. The van der Waals surface area contributed by atoms with Gasteiger partial charge in [-0.15, -0.1) is 46.2 Å². The van der Waals surface area contributed by atoms with Crippen LogP contribution in [0.2, 0.25) is 0 Å². The van der Waals surface area contributed by atoms with E-state index >= 15 is 0 Å². The Kier molecular flexibility index (Phi) is 13.1. The van der Waals surface area contributed by atoms with Gasteiger partial charge in [0, 0.05) is 0 Å². The van der Waals surface area contributed by atoms with Crippen molar-refractivity contribution in [2.75, 3.05) is 0 Å². The van der Waals surface area contributed by atoms with Crippen LogP contribution in [0.5, 0.6) is 0 Å². The predicted molar refractivity (Wildman–Crippen MR) is 207 cm³/mol. The van der Waals surface area contributed by atoms with Gasteiger partial charge in [0.15, 0.2) is 0 Å². The first-order valence-corrected chi connectivity index (χ1v) is 18.1. The maximum atomic E-state index is 2.99. The average molecular weight is 771 g/mol. The number of allylic oxidation sites excluding steroid dienone is 4. The van der Waals surface area contributed by atoms with E-state index in [9.17, 15) is 0 Å². The van der Waals surface area contributed by atoms with Crippen LogP contribution >= 0.6 is 0 Å². The third-order valence-corrected chi connectivity index (χ3v) is 10.5. The number of halogens is 2. The predicted octanol–water partition coefficient (Wildman–Crippen LogP) is 6.73. The van der Waals surface area contributed by atoms with E-state index in [-0.39, 0.29) is 35.6 Å². The molecule has 0 spiro atoms. The van der Waals surface area contributed by atoms with Gasteiger partial charge in [0.05, 0.1) is 0 Å². The molecule has 0 bridgehead atoms. The molecule has 0 atom stereocenters. The molecule has 0 unspecified atom stereocenters. The monoisotopic (exact) mass is 768 g/mol. The van der Waals surface area contributed by atoms with E-state index in [0.717, 1.165) is 6.42 Å². The Morgan fingerprint density at radius 1 is 0.560 bits per heavy atom. The van der Waals surface area contributed by atoms with Gasteiger partial charge in [-0.2, -0.15) is 6.08 Å². The Morgan fingerprint density at radius 2 is 1.00 bits per heavy atom. The van der Waals surface area contributed by atoms with Gasteiger partial charge < -0.3 is 24.8 Å². The van der Waals surface area contributed by atoms with Crippen LogP contribution in [0, 0.1) is 6.08 Å². The Morgan fingerprint density at radius 3 is 1.38 bits per heavy atom. The molecular formula is C47H44Cl2Zr-2. The fraction of sp³-hybridized carbons (Fsp3) is 0.191. The van der Waals surface area contributed by atoms with Gasteiger partial charge in [-0.25, -0.2) is 12.2 Å². The number of rotatable bonds is 2. The maximum absolute atomic E-state index is 2.99. The van der Waals surface area contributed by atoms with E-state index in [0.29, 0.717) is 0 Å². The van der Waals surface area contributed by atoms with Crippen molar-refractivity contribution in [3.8, 4) is 0 Å². The van der Waals surface area contributed by atoms with E-state index in [4.69, 9.17) is 0 Å². The van der Waals surface area contributed by atoms with Gasteiger partial charge in [0.1, 0.15) is 0 Å². The molecule has 7 aromatic rings. The molecule has 252 valence electrons. The van der Waals surface area contributed by atoms with Crippen molar-refractivity contribution >= 4 is 46.3 Å². The first-order chi connectivity index (χ1) is 23.0. The van der Waals surface area contributed by atoms with Crippen LogP contribution in [0.1, 0.15) is 70.2 Å². The molecule has 0 heterocycles. The summed E-state index contributed by atoms with van der Waals surface area (Å²) in [6, 6.07) is 46.6. The Balaban J connectivity index is 0.000000190. The van der Waals surface area contributed by atoms with Crippen LogP contribution in [0.3, 0.4) is 0 Å². The number of benzene rings is 6. The minimum atomic E-state index is 0. The van der Waals surface area contributed by atoms with Crippen LogP contribution < -0.4 is 24.8 Å². The van der Waals surface area contributed by atoms with Crippen LogP contribution in [0.25, 0.3) is 43.1 Å². The normalized spacial score (nSPS) is 12.2. The first-order valence-electron chi connectivity index (χ1n) is 16.9. The van der Waals surface area contributed by atoms with Crippen molar-refractivity contribution in [2.45, 2.75) is 58.8 Å². The summed E-state index contributed by atoms with van der Waals surface area (Å²) in [6.07, 6.45) is 10.0. The molecule has 1 aliphatic rings. The van der Waals surface area contributed by atoms with Crippen molar-refractivity contribution in [1.29, 1.82) is 0 Å². The van der Waals surface area contributed by atoms with E-state index in [2.05, 4.69) is 181 Å². The molecule has 0 aromatic heterocycles. The van der Waals surface area contributed by atoms with Crippen molar-refractivity contribution in [3.05, 3.63) is 174 Å². The summed E-state index contributed by atoms with van der Waals surface area (Å²) in [5, 5.41) is 10.8. The second-order valence-corrected chi connectivity index (χ2v) is 15.9. The summed E-state index contributed by atoms with van der Waals surface area (Å²) in [5.41, 5.74) is 5.91. The molecular weight excluding hydrogens is 727 g/mol. The summed E-state index contributed by atoms with van der Waals surface area (Å²) in [6.45, 7) is 13.7. The van der Waals surface area contributed by atoms with Gasteiger partial charge in [0.2, 0.25) is 0 Å². The molecule has 8 rings (SSSR count). The first kappa shape index (κ1) is 39.3. The molecule has 3 heteroatoms. The Hall–Kier alpha value is -3.48. The SMILES string of the molecule is CC(C)(C)c1ccc2[cH-]c3ccc(C(C)(C)C)cc3c2c1.[C-]1=CC=CC1.[Cl-].[Cl-].[Zr+2]=[C](c1cccc2ccccc12)c1cccc2ccccc12. The summed E-state index contributed by atoms with van der Waals surface area (Å²) in [4.78, 5) is 0. The molecule has 0 amide bonds. The van der Waals surface area contributed by atoms with Crippen LogP contribution in [0.4, 0.5) is 0 Å². The van der Waals surface area contributed by atoms with E-state index < -0.39 is 0 Å². The summed E-state index contributed by atoms with van der Waals surface area (Å²) >= 11 is 1.44. The Bertz CT molecular complexity index is 2130. The topological polar surface area (TPSA) is 0 Å². The van der Waals surface area contributed by atoms with Gasteiger partial charge in [-0.05, 0) is 10.8 Å². The second-order valence-electron chi connectivity index (χ2n) is 14.7. The summed E-state index contributed by atoms with van der Waals surface area (Å²) in [5.74, 6) is 0. The van der Waals surface area contributed by atoms with Crippen LogP contribution in [-0.4, -0.2) is 3.21 Å². The van der Waals surface area contributed by atoms with Crippen molar-refractivity contribution < 1.29 is 49.0 Å². The molecule has 0 aliphatic heterocycles. The molecule has 0 radical (unpaired) electrons. The van der Waals surface area contributed by atoms with Crippen molar-refractivity contribution in [1.82, 2.24) is 0 Å². The van der Waals surface area contributed by atoms with Crippen molar-refractivity contribution in [2.24, 2.45) is 0 Å². The zero-order chi connectivity index (χ0) is 33.9. The second kappa shape index (κ2) is 16.7. The molecule has 7 aromatic carbocycles. The van der Waals surface area contributed by atoms with Gasteiger partial charge in [-0.3, -0.25) is 6.08 Å². The third-order valence-electron chi connectivity index (χ3n) is 9.14. The summed E-state index contributed by atoms with van der Waals surface area (Å²) < 4.78 is 1.42. The van der Waals surface area contributed by atoms with Crippen molar-refractivity contribution in [3.63, 3.8) is 0 Å². The van der Waals surface area contributed by atoms with Gasteiger partial charge >= 0.3 is 145 Å². The van der Waals surface area contributed by atoms with Crippen LogP contribution in [0.15, 0.2) is 146 Å². The average Bonchev–Trinajstić information content (AvgIpc) is 3.79. The fourth-order valence-corrected chi connectivity index (χ4v) is 7.38. The molecule has 50 heavy (non-hydrogen) atoms. The van der Waals surface area contributed by atoms with Gasteiger partial charge in [0.25, 0.3) is 0 Å². The number of fused-ring (bicyclic) bond motifs is 5. The molecule has 0 nitrogen and oxygen atoms in total. The molecule has 1 aliphatic carbocycles. The van der Waals surface area contributed by atoms with Gasteiger partial charge in [-0.1, -0.05) is 76.9 Å². The molecule has 0 N–H and O–H groups in total. The van der Waals surface area contributed by atoms with Crippen LogP contribution in [-0.2, 0) is 35.1 Å². The quantitative estimate of drug-likeness (QED) is 0.171. The third kappa shape index (κ3) is 8.87. The molecule has 0 saturated heterocycles. The summed E-state index contributed by atoms with van der Waals surface area (Å²) in [7, 11) is 0. The van der Waals surface area contributed by atoms with E-state index in [1.807, 2.05) is 12.2 Å². The molecule has 0 fully saturated rings. The Labute approximate surface area is 325 Å². The minimum absolute atomic E-state index is 0. The number of hydrogen-bond donors (Lipinski definition) is 0. The zero-order valence-electron chi connectivity index (χ0n) is 29.8.